The summed E-state index contributed by atoms with van der Waals surface area (Å²) in [5, 5.41) is 12.8. The smallest absolute Gasteiger partial charge is 0.306 e. The fourth-order valence-corrected chi connectivity index (χ4v) is 3.80. The highest BCUT2D eigenvalue weighted by Crippen LogP contribution is 2.33. The molecule has 0 radical (unpaired) electrons. The Bertz CT molecular complexity index is 684. The second kappa shape index (κ2) is 10.1. The van der Waals surface area contributed by atoms with Gasteiger partial charge in [0.1, 0.15) is 5.75 Å². The summed E-state index contributed by atoms with van der Waals surface area (Å²) < 4.78 is 5.94. The van der Waals surface area contributed by atoms with Crippen LogP contribution in [0.2, 0.25) is 5.02 Å². The van der Waals surface area contributed by atoms with E-state index >= 15 is 0 Å². The van der Waals surface area contributed by atoms with Crippen molar-refractivity contribution in [2.45, 2.75) is 77.2 Å². The summed E-state index contributed by atoms with van der Waals surface area (Å²) >= 11 is 6.12. The number of amides is 1. The maximum atomic E-state index is 12.1. The average Bonchev–Trinajstić information content (AvgIpc) is 2.61. The molecular weight excluding hydrogens is 378 g/mol. The molecule has 0 aliphatic heterocycles. The summed E-state index contributed by atoms with van der Waals surface area (Å²) in [5.41, 5.74) is 1.01. The fourth-order valence-electron chi connectivity index (χ4n) is 3.63. The average molecular weight is 410 g/mol. The van der Waals surface area contributed by atoms with Crippen LogP contribution >= 0.6 is 11.6 Å². The Morgan fingerprint density at radius 1 is 1.25 bits per heavy atom. The lowest BCUT2D eigenvalue weighted by Gasteiger charge is -2.27. The minimum atomic E-state index is -0.757. The van der Waals surface area contributed by atoms with Crippen molar-refractivity contribution in [2.24, 2.45) is 5.92 Å². The van der Waals surface area contributed by atoms with E-state index in [9.17, 15) is 9.59 Å². The van der Waals surface area contributed by atoms with Crippen molar-refractivity contribution in [2.75, 3.05) is 6.61 Å². The zero-order chi connectivity index (χ0) is 20.7. The Hall–Kier alpha value is -1.75. The molecule has 156 valence electrons. The topological polar surface area (TPSA) is 75.6 Å². The van der Waals surface area contributed by atoms with Crippen molar-refractivity contribution in [1.29, 1.82) is 0 Å². The van der Waals surface area contributed by atoms with Gasteiger partial charge in [0.05, 0.1) is 12.5 Å². The monoisotopic (exact) mass is 409 g/mol. The molecule has 0 bridgehead atoms. The third-order valence-electron chi connectivity index (χ3n) is 5.19. The molecule has 1 aromatic carbocycles. The van der Waals surface area contributed by atoms with Crippen LogP contribution in [0.25, 0.3) is 0 Å². The third-order valence-corrected chi connectivity index (χ3v) is 5.43. The van der Waals surface area contributed by atoms with Gasteiger partial charge in [-0.1, -0.05) is 38.8 Å². The predicted molar refractivity (Wildman–Crippen MR) is 111 cm³/mol. The molecule has 0 spiro atoms. The highest BCUT2D eigenvalue weighted by Gasteiger charge is 2.27. The van der Waals surface area contributed by atoms with E-state index in [1.807, 2.05) is 18.2 Å². The molecule has 2 atom stereocenters. The first-order valence-electron chi connectivity index (χ1n) is 10.1. The number of carboxylic acid groups (broad SMARTS) is 1. The molecular formula is C22H32ClNO4. The van der Waals surface area contributed by atoms with Crippen LogP contribution in [-0.4, -0.2) is 29.6 Å². The molecule has 28 heavy (non-hydrogen) atoms. The molecule has 1 aromatic rings. The van der Waals surface area contributed by atoms with Gasteiger partial charge in [-0.25, -0.2) is 0 Å². The molecule has 2 unspecified atom stereocenters. The van der Waals surface area contributed by atoms with Gasteiger partial charge in [0.2, 0.25) is 5.91 Å². The van der Waals surface area contributed by atoms with Gasteiger partial charge in [0, 0.05) is 23.0 Å². The Morgan fingerprint density at radius 2 is 2.00 bits per heavy atom. The van der Waals surface area contributed by atoms with Gasteiger partial charge in [-0.3, -0.25) is 9.59 Å². The van der Waals surface area contributed by atoms with Crippen molar-refractivity contribution >= 4 is 23.5 Å². The fraction of sp³-hybridized carbons (Fsp3) is 0.636. The maximum Gasteiger partial charge on any atom is 0.306 e. The summed E-state index contributed by atoms with van der Waals surface area (Å²) in [6.07, 6.45) is 4.92. The first kappa shape index (κ1) is 22.5. The van der Waals surface area contributed by atoms with Crippen LogP contribution in [0, 0.1) is 5.92 Å². The first-order chi connectivity index (χ1) is 13.2. The molecule has 0 heterocycles. The molecule has 1 amide bonds. The minimum Gasteiger partial charge on any atom is -0.493 e. The van der Waals surface area contributed by atoms with E-state index in [4.69, 9.17) is 21.4 Å². The summed E-state index contributed by atoms with van der Waals surface area (Å²) in [5.74, 6) is -0.252. The van der Waals surface area contributed by atoms with Crippen molar-refractivity contribution in [3.63, 3.8) is 0 Å². The molecule has 1 saturated carbocycles. The molecule has 6 heteroatoms. The van der Waals surface area contributed by atoms with Crippen molar-refractivity contribution in [3.8, 4) is 5.75 Å². The molecule has 0 aromatic heterocycles. The summed E-state index contributed by atoms with van der Waals surface area (Å²) in [4.78, 5) is 23.2. The number of rotatable bonds is 8. The van der Waals surface area contributed by atoms with Gasteiger partial charge in [0.15, 0.2) is 0 Å². The van der Waals surface area contributed by atoms with Crippen LogP contribution in [0.3, 0.4) is 0 Å². The molecule has 1 aliphatic carbocycles. The lowest BCUT2D eigenvalue weighted by molar-refractivity contribution is -0.143. The third kappa shape index (κ3) is 7.01. The highest BCUT2D eigenvalue weighted by molar-refractivity contribution is 6.30. The van der Waals surface area contributed by atoms with E-state index in [1.165, 1.54) is 0 Å². The number of hydrogen-bond donors (Lipinski definition) is 2. The molecule has 2 rings (SSSR count). The zero-order valence-electron chi connectivity index (χ0n) is 17.1. The normalized spacial score (nSPS) is 19.9. The number of hydrogen-bond acceptors (Lipinski definition) is 3. The van der Waals surface area contributed by atoms with Gasteiger partial charge in [0.25, 0.3) is 0 Å². The number of benzene rings is 1. The summed E-state index contributed by atoms with van der Waals surface area (Å²) in [7, 11) is 0. The molecule has 2 N–H and O–H groups in total. The van der Waals surface area contributed by atoms with E-state index in [1.54, 1.807) is 0 Å². The van der Waals surface area contributed by atoms with E-state index in [-0.39, 0.29) is 23.3 Å². The number of carbonyl (C=O) groups is 2. The molecule has 0 saturated heterocycles. The second-order valence-electron chi connectivity index (χ2n) is 8.66. The first-order valence-corrected chi connectivity index (χ1v) is 10.5. The van der Waals surface area contributed by atoms with Crippen LogP contribution in [-0.2, 0) is 15.0 Å². The van der Waals surface area contributed by atoms with Gasteiger partial charge in [-0.15, -0.1) is 0 Å². The second-order valence-corrected chi connectivity index (χ2v) is 9.10. The Labute approximate surface area is 172 Å². The van der Waals surface area contributed by atoms with Crippen molar-refractivity contribution < 1.29 is 19.4 Å². The summed E-state index contributed by atoms with van der Waals surface area (Å²) in [6, 6.07) is 5.66. The van der Waals surface area contributed by atoms with Crippen LogP contribution in [0.15, 0.2) is 18.2 Å². The van der Waals surface area contributed by atoms with Gasteiger partial charge in [-0.2, -0.15) is 0 Å². The predicted octanol–water partition coefficient (Wildman–Crippen LogP) is 4.95. The number of aliphatic carboxylic acids is 1. The van der Waals surface area contributed by atoms with Gasteiger partial charge < -0.3 is 15.2 Å². The number of carboxylic acids is 1. The largest absolute Gasteiger partial charge is 0.493 e. The lowest BCUT2D eigenvalue weighted by Crippen LogP contribution is -2.39. The number of ether oxygens (including phenoxy) is 1. The maximum absolute atomic E-state index is 12.1. The SMILES string of the molecule is CC(C)(C)c1cc(Cl)ccc1OCCCCC(=O)NC1CCCC(C(=O)O)C1. The number of carbonyl (C=O) groups excluding carboxylic acids is 1. The zero-order valence-corrected chi connectivity index (χ0v) is 17.8. The van der Waals surface area contributed by atoms with Crippen molar-refractivity contribution in [3.05, 3.63) is 28.8 Å². The van der Waals surface area contributed by atoms with Crippen LogP contribution in [0.1, 0.15) is 71.3 Å². The van der Waals surface area contributed by atoms with E-state index in [2.05, 4.69) is 26.1 Å². The Morgan fingerprint density at radius 3 is 2.68 bits per heavy atom. The number of nitrogens with one attached hydrogen (secondary N) is 1. The van der Waals surface area contributed by atoms with Gasteiger partial charge >= 0.3 is 5.97 Å². The van der Waals surface area contributed by atoms with E-state index in [0.29, 0.717) is 30.9 Å². The molecule has 1 fully saturated rings. The lowest BCUT2D eigenvalue weighted by atomic mass is 9.86. The Balaban J connectivity index is 1.71. The van der Waals surface area contributed by atoms with Crippen LogP contribution in [0.4, 0.5) is 0 Å². The van der Waals surface area contributed by atoms with E-state index in [0.717, 1.165) is 37.0 Å². The number of halogens is 1. The summed E-state index contributed by atoms with van der Waals surface area (Å²) in [6.45, 7) is 6.91. The highest BCUT2D eigenvalue weighted by atomic mass is 35.5. The van der Waals surface area contributed by atoms with Crippen molar-refractivity contribution in [1.82, 2.24) is 5.32 Å². The molecule has 5 nitrogen and oxygen atoms in total. The minimum absolute atomic E-state index is 0.00193. The number of unbranched alkanes of at least 4 members (excludes halogenated alkanes) is 1. The molecule has 1 aliphatic rings. The van der Waals surface area contributed by atoms with Gasteiger partial charge in [-0.05, 0) is 55.7 Å². The van der Waals surface area contributed by atoms with Crippen LogP contribution in [0.5, 0.6) is 5.75 Å². The Kier molecular flexibility index (Phi) is 8.17. The van der Waals surface area contributed by atoms with Crippen LogP contribution < -0.4 is 10.1 Å². The standard InChI is InChI=1S/C22H32ClNO4/c1-22(2,3)18-14-16(23)10-11-19(18)28-12-5-4-9-20(25)24-17-8-6-7-15(13-17)21(26)27/h10-11,14-15,17H,4-9,12-13H2,1-3H3,(H,24,25)(H,26,27). The quantitative estimate of drug-likeness (QED) is 0.596. The van der Waals surface area contributed by atoms with E-state index < -0.39 is 5.97 Å².